The molecule has 0 atom stereocenters. The summed E-state index contributed by atoms with van der Waals surface area (Å²) in [5.41, 5.74) is 2.36. The minimum absolute atomic E-state index is 0.105. The van der Waals surface area contributed by atoms with Crippen molar-refractivity contribution in [1.82, 2.24) is 18.4 Å². The number of carbonyl (C=O) groups excluding carboxylic acids is 1. The van der Waals surface area contributed by atoms with E-state index in [0.29, 0.717) is 45.7 Å². The van der Waals surface area contributed by atoms with Gasteiger partial charge in [-0.2, -0.15) is 17.0 Å². The van der Waals surface area contributed by atoms with Crippen LogP contribution in [0.2, 0.25) is 0 Å². The molecule has 0 saturated carbocycles. The number of nitrogens with zero attached hydrogens (tertiary/aromatic N) is 4. The minimum Gasteiger partial charge on any atom is -0.340 e. The van der Waals surface area contributed by atoms with Crippen LogP contribution in [0, 0.1) is 6.92 Å². The lowest BCUT2D eigenvalue weighted by atomic mass is 10.1. The summed E-state index contributed by atoms with van der Waals surface area (Å²) in [5.74, 6) is 0.105. The number of benzene rings is 1. The van der Waals surface area contributed by atoms with Gasteiger partial charge in [0.1, 0.15) is 0 Å². The second-order valence-electron chi connectivity index (χ2n) is 7.48. The first-order valence-corrected chi connectivity index (χ1v) is 11.0. The molecule has 8 heteroatoms. The Kier molecular flexibility index (Phi) is 6.52. The van der Waals surface area contributed by atoms with Gasteiger partial charge in [0.2, 0.25) is 5.91 Å². The highest BCUT2D eigenvalue weighted by Crippen LogP contribution is 2.15. The predicted octanol–water partition coefficient (Wildman–Crippen LogP) is 0.564. The highest BCUT2D eigenvalue weighted by Gasteiger charge is 2.34. The van der Waals surface area contributed by atoms with E-state index >= 15 is 0 Å². The molecular formula is C19H30N4O3S. The molecule has 27 heavy (non-hydrogen) atoms. The molecule has 150 valence electrons. The molecule has 2 saturated heterocycles. The third kappa shape index (κ3) is 5.07. The molecule has 7 nitrogen and oxygen atoms in total. The van der Waals surface area contributed by atoms with Gasteiger partial charge in [-0.25, -0.2) is 0 Å². The average molecular weight is 395 g/mol. The van der Waals surface area contributed by atoms with E-state index in [-0.39, 0.29) is 5.91 Å². The topological polar surface area (TPSA) is 64.2 Å². The van der Waals surface area contributed by atoms with E-state index in [1.807, 2.05) is 32.2 Å². The largest absolute Gasteiger partial charge is 0.340 e. The van der Waals surface area contributed by atoms with Crippen LogP contribution >= 0.6 is 0 Å². The zero-order valence-corrected chi connectivity index (χ0v) is 17.1. The number of carbonyl (C=O) groups is 1. The summed E-state index contributed by atoms with van der Waals surface area (Å²) < 4.78 is 28.7. The van der Waals surface area contributed by atoms with Gasteiger partial charge in [0.15, 0.2) is 0 Å². The molecular weight excluding hydrogens is 364 g/mol. The van der Waals surface area contributed by atoms with E-state index in [2.05, 4.69) is 11.0 Å². The summed E-state index contributed by atoms with van der Waals surface area (Å²) in [6, 6.07) is 8.21. The van der Waals surface area contributed by atoms with Crippen LogP contribution in [-0.2, 0) is 21.4 Å². The molecule has 3 rings (SSSR count). The Balaban J connectivity index is 1.48. The molecule has 0 aromatic heterocycles. The number of rotatable bonds is 5. The highest BCUT2D eigenvalue weighted by molar-refractivity contribution is 7.86. The molecule has 0 aliphatic carbocycles. The second-order valence-corrected chi connectivity index (χ2v) is 9.41. The van der Waals surface area contributed by atoms with Gasteiger partial charge in [0, 0.05) is 58.8 Å². The van der Waals surface area contributed by atoms with Crippen molar-refractivity contribution in [2.24, 2.45) is 0 Å². The summed E-state index contributed by atoms with van der Waals surface area (Å²) in [7, 11) is -1.41. The number of amides is 1. The van der Waals surface area contributed by atoms with Crippen molar-refractivity contribution in [1.29, 1.82) is 0 Å². The summed E-state index contributed by atoms with van der Waals surface area (Å²) in [5, 5.41) is 0. The van der Waals surface area contributed by atoms with Crippen molar-refractivity contribution in [3.8, 4) is 0 Å². The fraction of sp³-hybridized carbons (Fsp3) is 0.632. The van der Waals surface area contributed by atoms with Crippen molar-refractivity contribution in [3.63, 3.8) is 0 Å². The zero-order chi connectivity index (χ0) is 19.4. The molecule has 0 bridgehead atoms. The maximum atomic E-state index is 12.8. The van der Waals surface area contributed by atoms with E-state index in [1.165, 1.54) is 15.4 Å². The van der Waals surface area contributed by atoms with E-state index in [1.54, 1.807) is 9.21 Å². The van der Waals surface area contributed by atoms with Crippen molar-refractivity contribution >= 4 is 16.1 Å². The third-order valence-corrected chi connectivity index (χ3v) is 7.45. The van der Waals surface area contributed by atoms with E-state index in [0.717, 1.165) is 19.5 Å². The Labute approximate surface area is 162 Å². The van der Waals surface area contributed by atoms with Crippen molar-refractivity contribution < 1.29 is 13.2 Å². The Morgan fingerprint density at radius 2 is 1.56 bits per heavy atom. The van der Waals surface area contributed by atoms with Crippen LogP contribution in [0.3, 0.4) is 0 Å². The Morgan fingerprint density at radius 1 is 0.963 bits per heavy atom. The highest BCUT2D eigenvalue weighted by atomic mass is 32.2. The summed E-state index contributed by atoms with van der Waals surface area (Å²) in [6.07, 6.45) is 1.19. The van der Waals surface area contributed by atoms with Crippen molar-refractivity contribution in [2.45, 2.75) is 19.8 Å². The molecule has 0 spiro atoms. The van der Waals surface area contributed by atoms with Gasteiger partial charge in [-0.3, -0.25) is 4.79 Å². The molecule has 2 heterocycles. The van der Waals surface area contributed by atoms with E-state index < -0.39 is 10.2 Å². The second kappa shape index (κ2) is 8.68. The van der Waals surface area contributed by atoms with Gasteiger partial charge in [0.05, 0.1) is 0 Å². The molecule has 2 aliphatic heterocycles. The Bertz CT molecular complexity index is 752. The molecule has 0 unspecified atom stereocenters. The van der Waals surface area contributed by atoms with Gasteiger partial charge in [0.25, 0.3) is 10.2 Å². The molecule has 2 fully saturated rings. The Morgan fingerprint density at radius 3 is 2.15 bits per heavy atom. The molecule has 1 aromatic carbocycles. The fourth-order valence-electron chi connectivity index (χ4n) is 3.63. The summed E-state index contributed by atoms with van der Waals surface area (Å²) in [6.45, 7) is 6.34. The standard InChI is InChI=1S/C19H30N4O3S/c1-17-4-3-5-18(16-17)6-7-19(24)21-10-14-23(15-11-21)27(25,26)22-12-8-20(2)9-13-22/h3-5,16H,6-15H2,1-2H3. The molecule has 1 amide bonds. The zero-order valence-electron chi connectivity index (χ0n) is 16.3. The molecule has 1 aromatic rings. The third-order valence-electron chi connectivity index (χ3n) is 5.42. The number of hydrogen-bond donors (Lipinski definition) is 0. The van der Waals surface area contributed by atoms with Crippen LogP contribution < -0.4 is 0 Å². The maximum absolute atomic E-state index is 12.8. The first kappa shape index (κ1) is 20.3. The summed E-state index contributed by atoms with van der Waals surface area (Å²) in [4.78, 5) is 16.4. The van der Waals surface area contributed by atoms with Crippen molar-refractivity contribution in [3.05, 3.63) is 35.4 Å². The quantitative estimate of drug-likeness (QED) is 0.732. The van der Waals surface area contributed by atoms with Crippen LogP contribution in [0.25, 0.3) is 0 Å². The van der Waals surface area contributed by atoms with E-state index in [4.69, 9.17) is 0 Å². The van der Waals surface area contributed by atoms with Gasteiger partial charge in [-0.1, -0.05) is 29.8 Å². The van der Waals surface area contributed by atoms with Gasteiger partial charge >= 0.3 is 0 Å². The Hall–Kier alpha value is -1.48. The molecule has 0 radical (unpaired) electrons. The smallest absolute Gasteiger partial charge is 0.282 e. The predicted molar refractivity (Wildman–Crippen MR) is 106 cm³/mol. The van der Waals surface area contributed by atoms with Gasteiger partial charge in [-0.05, 0) is 26.0 Å². The van der Waals surface area contributed by atoms with E-state index in [9.17, 15) is 13.2 Å². The number of hydrogen-bond acceptors (Lipinski definition) is 4. The lowest BCUT2D eigenvalue weighted by Gasteiger charge is -2.39. The van der Waals surface area contributed by atoms with Crippen LogP contribution in [0.1, 0.15) is 17.5 Å². The average Bonchev–Trinajstić information content (AvgIpc) is 2.66. The fourth-order valence-corrected chi connectivity index (χ4v) is 5.20. The van der Waals surface area contributed by atoms with Crippen LogP contribution in [0.4, 0.5) is 0 Å². The van der Waals surface area contributed by atoms with Gasteiger partial charge in [-0.15, -0.1) is 0 Å². The first-order chi connectivity index (χ1) is 12.9. The van der Waals surface area contributed by atoms with Crippen LogP contribution in [0.15, 0.2) is 24.3 Å². The van der Waals surface area contributed by atoms with Gasteiger partial charge < -0.3 is 9.80 Å². The minimum atomic E-state index is -3.42. The number of piperazine rings is 2. The number of aryl methyl sites for hydroxylation is 2. The van der Waals surface area contributed by atoms with Crippen LogP contribution in [-0.4, -0.2) is 92.1 Å². The first-order valence-electron chi connectivity index (χ1n) is 9.63. The maximum Gasteiger partial charge on any atom is 0.282 e. The normalized spacial score (nSPS) is 20.7. The SMILES string of the molecule is Cc1cccc(CCC(=O)N2CCN(S(=O)(=O)N3CCN(C)CC3)CC2)c1. The molecule has 0 N–H and O–H groups in total. The molecule has 2 aliphatic rings. The number of likely N-dealkylation sites (N-methyl/N-ethyl adjacent to an activating group) is 1. The summed E-state index contributed by atoms with van der Waals surface area (Å²) >= 11 is 0. The monoisotopic (exact) mass is 394 g/mol. The lowest BCUT2D eigenvalue weighted by molar-refractivity contribution is -0.132. The van der Waals surface area contributed by atoms with Crippen LogP contribution in [0.5, 0.6) is 0 Å². The lowest BCUT2D eigenvalue weighted by Crippen LogP contribution is -2.57. The van der Waals surface area contributed by atoms with Crippen molar-refractivity contribution in [2.75, 3.05) is 59.4 Å².